The average Bonchev–Trinajstić information content (AvgIpc) is 2.89. The minimum absolute atomic E-state index is 0.0387. The molecular weight excluding hydrogens is 540 g/mol. The number of aryl methyl sites for hydroxylation is 1. The molecule has 0 aromatic heterocycles. The van der Waals surface area contributed by atoms with Crippen molar-refractivity contribution in [1.82, 2.24) is 0 Å². The summed E-state index contributed by atoms with van der Waals surface area (Å²) in [5, 5.41) is 52.6. The topological polar surface area (TPSA) is 197 Å². The number of benzene rings is 3. The molecule has 0 spiro atoms. The molecule has 1 aliphatic carbocycles. The van der Waals surface area contributed by atoms with Gasteiger partial charge in [-0.3, -0.25) is 9.59 Å². The Hall–Kier alpha value is -5.10. The Morgan fingerprint density at radius 1 is 0.927 bits per heavy atom. The molecule has 0 fully saturated rings. The second-order valence-electron chi connectivity index (χ2n) is 9.93. The number of ether oxygens (including phenoxy) is 3. The molecule has 0 amide bonds. The number of methoxy groups -OCH3 is 1. The van der Waals surface area contributed by atoms with Crippen molar-refractivity contribution < 1.29 is 58.9 Å². The van der Waals surface area contributed by atoms with Crippen molar-refractivity contribution in [2.24, 2.45) is 0 Å². The van der Waals surface area contributed by atoms with E-state index in [0.717, 1.165) is 12.1 Å². The zero-order valence-electron chi connectivity index (χ0n) is 22.2. The number of aliphatic hydroxyl groups is 1. The van der Waals surface area contributed by atoms with Crippen molar-refractivity contribution in [2.75, 3.05) is 13.7 Å². The van der Waals surface area contributed by atoms with Crippen LogP contribution in [0.4, 0.5) is 0 Å². The van der Waals surface area contributed by atoms with Crippen LogP contribution in [0.2, 0.25) is 0 Å². The van der Waals surface area contributed by atoms with Gasteiger partial charge in [0.15, 0.2) is 12.4 Å². The van der Waals surface area contributed by atoms with Gasteiger partial charge in [0.2, 0.25) is 5.78 Å². The van der Waals surface area contributed by atoms with Gasteiger partial charge in [0.25, 0.3) is 5.79 Å². The number of phenolic OH excluding ortho intramolecular Hbond substituents is 4. The molecule has 2 aliphatic rings. The van der Waals surface area contributed by atoms with Crippen LogP contribution in [0.1, 0.15) is 82.1 Å². The smallest absolute Gasteiger partial charge is 0.344 e. The second-order valence-corrected chi connectivity index (χ2v) is 9.93. The van der Waals surface area contributed by atoms with Crippen molar-refractivity contribution in [3.8, 4) is 28.7 Å². The van der Waals surface area contributed by atoms with Crippen molar-refractivity contribution in [3.63, 3.8) is 0 Å². The van der Waals surface area contributed by atoms with E-state index in [1.54, 1.807) is 6.92 Å². The molecule has 2 atom stereocenters. The molecule has 5 N–H and O–H groups in total. The molecule has 3 aromatic carbocycles. The third kappa shape index (κ3) is 3.94. The molecule has 1 heterocycles. The molecule has 0 unspecified atom stereocenters. The third-order valence-electron chi connectivity index (χ3n) is 7.53. The van der Waals surface area contributed by atoms with Crippen LogP contribution in [-0.4, -0.2) is 68.5 Å². The van der Waals surface area contributed by atoms with Gasteiger partial charge < -0.3 is 39.7 Å². The first-order chi connectivity index (χ1) is 19.2. The zero-order chi connectivity index (χ0) is 30.1. The first-order valence-corrected chi connectivity index (χ1v) is 12.3. The van der Waals surface area contributed by atoms with Crippen LogP contribution < -0.4 is 4.74 Å². The number of aromatic hydroxyl groups is 4. The highest BCUT2D eigenvalue weighted by Crippen LogP contribution is 2.46. The zero-order valence-corrected chi connectivity index (χ0v) is 22.2. The van der Waals surface area contributed by atoms with Crippen molar-refractivity contribution in [3.05, 3.63) is 74.3 Å². The summed E-state index contributed by atoms with van der Waals surface area (Å²) in [6, 6.07) is 4.29. The molecule has 5 rings (SSSR count). The van der Waals surface area contributed by atoms with Crippen LogP contribution >= 0.6 is 0 Å². The maximum Gasteiger partial charge on any atom is 0.344 e. The van der Waals surface area contributed by atoms with Gasteiger partial charge in [0.05, 0.1) is 24.2 Å². The van der Waals surface area contributed by atoms with E-state index in [4.69, 9.17) is 14.2 Å². The van der Waals surface area contributed by atoms with Gasteiger partial charge in [-0.25, -0.2) is 9.59 Å². The molecule has 0 radical (unpaired) electrons. The number of ketones is 2. The number of rotatable bonds is 4. The number of hydrogen-bond acceptors (Lipinski definition) is 12. The van der Waals surface area contributed by atoms with Gasteiger partial charge in [0.1, 0.15) is 39.9 Å². The lowest BCUT2D eigenvalue weighted by Gasteiger charge is -2.38. The van der Waals surface area contributed by atoms with E-state index in [1.807, 2.05) is 0 Å². The summed E-state index contributed by atoms with van der Waals surface area (Å²) in [5.74, 6) is -9.63. The first-order valence-electron chi connectivity index (χ1n) is 12.3. The molecule has 41 heavy (non-hydrogen) atoms. The summed E-state index contributed by atoms with van der Waals surface area (Å²) >= 11 is 0. The normalized spacial score (nSPS) is 19.1. The molecule has 0 bridgehead atoms. The minimum atomic E-state index is -2.39. The maximum absolute atomic E-state index is 13.2. The lowest BCUT2D eigenvalue weighted by atomic mass is 9.81. The van der Waals surface area contributed by atoms with E-state index in [0.29, 0.717) is 5.56 Å². The summed E-state index contributed by atoms with van der Waals surface area (Å²) < 4.78 is 15.7. The molecule has 12 heteroatoms. The van der Waals surface area contributed by atoms with E-state index >= 15 is 0 Å². The third-order valence-corrected chi connectivity index (χ3v) is 7.53. The van der Waals surface area contributed by atoms with Gasteiger partial charge in [-0.2, -0.15) is 0 Å². The first kappa shape index (κ1) is 27.5. The van der Waals surface area contributed by atoms with E-state index < -0.39 is 81.5 Å². The number of fused-ring (bicyclic) bond motifs is 3. The van der Waals surface area contributed by atoms with Crippen molar-refractivity contribution in [2.45, 2.75) is 32.5 Å². The Balaban J connectivity index is 1.49. The molecule has 0 saturated heterocycles. The monoisotopic (exact) mass is 564 g/mol. The summed E-state index contributed by atoms with van der Waals surface area (Å²) in [6.45, 7) is 3.57. The standard InChI is InChI=1S/C29H24O12/c1-10-5-14-22(26(35)21-15(24(14)33)6-13(30)7-16(21)31)25(34)19(10)27(36)40-9-29(38)12(3)20-11(2)18(39-4)8-17(32)23(20)28(37)41-29/h5-8,12,30-32,34,38H,9H2,1-4H3/t12-,29-/m0/s1. The van der Waals surface area contributed by atoms with Crippen molar-refractivity contribution in [1.29, 1.82) is 0 Å². The SMILES string of the molecule is COc1cc(O)c2c(c1C)[C@H](C)[C@](O)(COC(=O)c1c(C)cc3c(c1O)C(=O)c1c(O)cc(O)cc1C3=O)OC2=O. The van der Waals surface area contributed by atoms with E-state index in [1.165, 1.54) is 33.1 Å². The van der Waals surface area contributed by atoms with E-state index in [9.17, 15) is 44.7 Å². The fraction of sp³-hybridized carbons (Fsp3) is 0.241. The van der Waals surface area contributed by atoms with Crippen LogP contribution in [-0.2, 0) is 9.47 Å². The number of carbonyl (C=O) groups is 4. The Morgan fingerprint density at radius 2 is 1.56 bits per heavy atom. The second kappa shape index (κ2) is 9.24. The van der Waals surface area contributed by atoms with Gasteiger partial charge in [-0.1, -0.05) is 6.92 Å². The van der Waals surface area contributed by atoms with Gasteiger partial charge >= 0.3 is 11.9 Å². The Kier molecular flexibility index (Phi) is 6.19. The van der Waals surface area contributed by atoms with E-state index in [2.05, 4.69) is 0 Å². The van der Waals surface area contributed by atoms with Gasteiger partial charge in [-0.15, -0.1) is 0 Å². The fourth-order valence-electron chi connectivity index (χ4n) is 5.42. The quantitative estimate of drug-likeness (QED) is 0.228. The maximum atomic E-state index is 13.2. The Labute approximate surface area is 232 Å². The number of cyclic esters (lactones) is 1. The number of esters is 2. The number of hydrogen-bond donors (Lipinski definition) is 5. The minimum Gasteiger partial charge on any atom is -0.508 e. The highest BCUT2D eigenvalue weighted by atomic mass is 16.7. The highest BCUT2D eigenvalue weighted by molar-refractivity contribution is 6.31. The molecule has 0 saturated carbocycles. The van der Waals surface area contributed by atoms with Crippen LogP contribution in [0.25, 0.3) is 0 Å². The summed E-state index contributed by atoms with van der Waals surface area (Å²) in [7, 11) is 1.36. The molecule has 3 aromatic rings. The highest BCUT2D eigenvalue weighted by Gasteiger charge is 2.49. The van der Waals surface area contributed by atoms with Crippen LogP contribution in [0, 0.1) is 13.8 Å². The molecule has 1 aliphatic heterocycles. The lowest BCUT2D eigenvalue weighted by Crippen LogP contribution is -2.48. The summed E-state index contributed by atoms with van der Waals surface area (Å²) in [5.41, 5.74) is -1.51. The van der Waals surface area contributed by atoms with Crippen LogP contribution in [0.5, 0.6) is 28.7 Å². The number of carbonyl (C=O) groups excluding carboxylic acids is 4. The lowest BCUT2D eigenvalue weighted by molar-refractivity contribution is -0.206. The Morgan fingerprint density at radius 3 is 2.22 bits per heavy atom. The summed E-state index contributed by atoms with van der Waals surface area (Å²) in [4.78, 5) is 52.2. The predicted octanol–water partition coefficient (Wildman–Crippen LogP) is 2.73. The molecule has 12 nitrogen and oxygen atoms in total. The Bertz CT molecular complexity index is 1720. The summed E-state index contributed by atoms with van der Waals surface area (Å²) in [6.07, 6.45) is 0. The van der Waals surface area contributed by atoms with Crippen LogP contribution in [0.3, 0.4) is 0 Å². The number of phenols is 4. The van der Waals surface area contributed by atoms with E-state index in [-0.39, 0.29) is 33.6 Å². The molecular formula is C29H24O12. The largest absolute Gasteiger partial charge is 0.508 e. The van der Waals surface area contributed by atoms with Crippen molar-refractivity contribution >= 4 is 23.5 Å². The molecule has 212 valence electrons. The van der Waals surface area contributed by atoms with Gasteiger partial charge in [0, 0.05) is 23.3 Å². The predicted molar refractivity (Wildman–Crippen MR) is 138 cm³/mol. The average molecular weight is 564 g/mol. The van der Waals surface area contributed by atoms with Crippen LogP contribution in [0.15, 0.2) is 24.3 Å². The fourth-order valence-corrected chi connectivity index (χ4v) is 5.42. The van der Waals surface area contributed by atoms with Gasteiger partial charge in [-0.05, 0) is 42.7 Å².